The lowest BCUT2D eigenvalue weighted by atomic mass is 10.1. The van der Waals surface area contributed by atoms with Crippen LogP contribution >= 0.6 is 24.8 Å². The third-order valence-corrected chi connectivity index (χ3v) is 3.18. The molecular weight excluding hydrogens is 373 g/mol. The lowest BCUT2D eigenvalue weighted by Crippen LogP contribution is -1.83. The van der Waals surface area contributed by atoms with Crippen LogP contribution in [-0.4, -0.2) is 25.6 Å². The van der Waals surface area contributed by atoms with Crippen LogP contribution in [0, 0.1) is 24.1 Å². The third kappa shape index (κ3) is 18.1. The number of unbranched alkanes of at least 4 members (excludes halogenated alkanes) is 1. The van der Waals surface area contributed by atoms with Gasteiger partial charge in [0.2, 0.25) is 0 Å². The molecule has 5 nitrogen and oxygen atoms in total. The highest BCUT2D eigenvalue weighted by atomic mass is 32.1. The summed E-state index contributed by atoms with van der Waals surface area (Å²) in [7, 11) is 1.86. The van der Waals surface area contributed by atoms with Crippen molar-refractivity contribution in [3.63, 3.8) is 0 Å². The number of nitriles is 1. The molecule has 2 aromatic rings. The second-order valence-corrected chi connectivity index (χ2v) is 5.08. The second kappa shape index (κ2) is 25.0. The molecule has 26 heavy (non-hydrogen) atoms. The van der Waals surface area contributed by atoms with E-state index in [0.717, 1.165) is 10.7 Å². The quantitative estimate of drug-likeness (QED) is 0.786. The van der Waals surface area contributed by atoms with Crippen LogP contribution in [0.15, 0.2) is 29.8 Å². The summed E-state index contributed by atoms with van der Waals surface area (Å²) in [6, 6.07) is 6.22. The van der Waals surface area contributed by atoms with Gasteiger partial charge in [-0.2, -0.15) is 18.8 Å². The molecule has 0 saturated heterocycles. The monoisotopic (exact) mass is 401 g/mol. The highest BCUT2D eigenvalue weighted by Crippen LogP contribution is 2.08. The smallest absolute Gasteiger partial charge is 0.182 e. The van der Waals surface area contributed by atoms with Crippen molar-refractivity contribution in [2.45, 2.75) is 33.6 Å². The first-order chi connectivity index (χ1) is 12.1. The first kappa shape index (κ1) is 31.5. The Bertz CT molecular complexity index is 572. The van der Waals surface area contributed by atoms with E-state index in [1.807, 2.05) is 32.9 Å². The molecule has 0 unspecified atom stereocenters. The molecule has 1 aromatic carbocycles. The Kier molecular flexibility index (Phi) is 30.3. The Morgan fingerprint density at radius 3 is 2.04 bits per heavy atom. The number of hydrogen-bond donors (Lipinski definition) is 1. The molecule has 0 aliphatic rings. The fraction of sp³-hybridized carbons (Fsp3) is 0.333. The van der Waals surface area contributed by atoms with E-state index < -0.39 is 5.82 Å². The number of halogens is 1. The standard InChI is InChI=1S/C8H6FN.C4H6N2S.C4H10.2CH2O.H2S/c1-6-2-3-8(9)7(4-6)5-10;1-5-4-6-2-3-7-4;1-3-4-2;2*1-2;/h2-4H,1H3;2-3H,1H3,(H,5,6);3-4H2,1-2H3;2*1H2;1H2. The Balaban J connectivity index is -0.000000133. The van der Waals surface area contributed by atoms with E-state index in [1.165, 1.54) is 25.0 Å². The van der Waals surface area contributed by atoms with Gasteiger partial charge >= 0.3 is 0 Å². The van der Waals surface area contributed by atoms with Gasteiger partial charge in [-0.3, -0.25) is 0 Å². The molecule has 0 saturated carbocycles. The summed E-state index contributed by atoms with van der Waals surface area (Å²) in [5.74, 6) is -0.451. The van der Waals surface area contributed by atoms with E-state index in [1.54, 1.807) is 29.7 Å². The van der Waals surface area contributed by atoms with E-state index in [9.17, 15) is 4.39 Å². The number of hydrogen-bond acceptors (Lipinski definition) is 6. The fourth-order valence-corrected chi connectivity index (χ4v) is 1.56. The van der Waals surface area contributed by atoms with E-state index in [4.69, 9.17) is 14.9 Å². The molecule has 0 bridgehead atoms. The molecule has 0 spiro atoms. The van der Waals surface area contributed by atoms with Crippen LogP contribution in [0.2, 0.25) is 0 Å². The SMILES string of the molecule is C=O.C=O.CCCC.CNc1nccs1.Cc1ccc(F)c(C#N)c1.S. The highest BCUT2D eigenvalue weighted by Gasteiger charge is 1.98. The number of rotatable bonds is 2. The van der Waals surface area contributed by atoms with Crippen molar-refractivity contribution in [1.82, 2.24) is 4.98 Å². The summed E-state index contributed by atoms with van der Waals surface area (Å²) >= 11 is 1.60. The number of aromatic nitrogens is 1. The predicted octanol–water partition coefficient (Wildman–Crippen LogP) is 4.74. The maximum absolute atomic E-state index is 12.5. The van der Waals surface area contributed by atoms with Crippen molar-refractivity contribution < 1.29 is 14.0 Å². The summed E-state index contributed by atoms with van der Waals surface area (Å²) in [4.78, 5) is 19.9. The Labute approximate surface area is 166 Å². The average molecular weight is 402 g/mol. The van der Waals surface area contributed by atoms with Crippen LogP contribution in [-0.2, 0) is 9.59 Å². The first-order valence-corrected chi connectivity index (χ1v) is 8.28. The van der Waals surface area contributed by atoms with Crippen LogP contribution in [0.1, 0.15) is 37.8 Å². The van der Waals surface area contributed by atoms with Gasteiger partial charge in [0.1, 0.15) is 25.5 Å². The molecule has 0 aliphatic heterocycles. The number of carbonyl (C=O) groups excluding carboxylic acids is 2. The molecule has 8 heteroatoms. The maximum atomic E-state index is 12.5. The molecular formula is C18H28FN3O2S2. The van der Waals surface area contributed by atoms with Crippen LogP contribution in [0.25, 0.3) is 0 Å². The van der Waals surface area contributed by atoms with Gasteiger partial charge in [-0.25, -0.2) is 9.37 Å². The second-order valence-electron chi connectivity index (χ2n) is 4.18. The zero-order valence-electron chi connectivity index (χ0n) is 15.7. The molecule has 1 N–H and O–H groups in total. The van der Waals surface area contributed by atoms with Crippen molar-refractivity contribution in [1.29, 1.82) is 5.26 Å². The van der Waals surface area contributed by atoms with Crippen molar-refractivity contribution in [3.05, 3.63) is 46.7 Å². The summed E-state index contributed by atoms with van der Waals surface area (Å²) < 4.78 is 12.5. The van der Waals surface area contributed by atoms with E-state index in [-0.39, 0.29) is 19.1 Å². The summed E-state index contributed by atoms with van der Waals surface area (Å²) in [5, 5.41) is 14.2. The molecule has 2 rings (SSSR count). The van der Waals surface area contributed by atoms with Gasteiger partial charge in [0, 0.05) is 18.6 Å². The van der Waals surface area contributed by atoms with E-state index in [2.05, 4.69) is 24.1 Å². The Morgan fingerprint density at radius 2 is 1.77 bits per heavy atom. The van der Waals surface area contributed by atoms with Crippen LogP contribution in [0.4, 0.5) is 9.52 Å². The number of nitrogens with one attached hydrogen (secondary N) is 1. The van der Waals surface area contributed by atoms with Gasteiger partial charge in [-0.1, -0.05) is 32.8 Å². The van der Waals surface area contributed by atoms with Gasteiger partial charge in [0.25, 0.3) is 0 Å². The van der Waals surface area contributed by atoms with E-state index >= 15 is 0 Å². The average Bonchev–Trinajstić information content (AvgIpc) is 3.21. The molecule has 0 amide bonds. The van der Waals surface area contributed by atoms with Crippen LogP contribution in [0.5, 0.6) is 0 Å². The van der Waals surface area contributed by atoms with Crippen LogP contribution < -0.4 is 5.32 Å². The lowest BCUT2D eigenvalue weighted by molar-refractivity contribution is -0.0987. The van der Waals surface area contributed by atoms with E-state index in [0.29, 0.717) is 0 Å². The Morgan fingerprint density at radius 1 is 1.23 bits per heavy atom. The number of nitrogens with zero attached hydrogens (tertiary/aromatic N) is 2. The van der Waals surface area contributed by atoms with Crippen molar-refractivity contribution in [2.24, 2.45) is 0 Å². The highest BCUT2D eigenvalue weighted by molar-refractivity contribution is 7.59. The topological polar surface area (TPSA) is 82.8 Å². The third-order valence-electron chi connectivity index (χ3n) is 2.39. The molecule has 1 aromatic heterocycles. The Hall–Kier alpha value is -2.24. The molecule has 146 valence electrons. The van der Waals surface area contributed by atoms with Crippen molar-refractivity contribution in [3.8, 4) is 6.07 Å². The minimum absolute atomic E-state index is 0. The van der Waals surface area contributed by atoms with Crippen molar-refractivity contribution >= 4 is 43.5 Å². The summed E-state index contributed by atoms with van der Waals surface area (Å²) in [6.07, 6.45) is 4.41. The first-order valence-electron chi connectivity index (χ1n) is 7.40. The summed E-state index contributed by atoms with van der Waals surface area (Å²) in [6.45, 7) is 10.2. The number of benzene rings is 1. The zero-order chi connectivity index (χ0) is 20.1. The molecule has 0 atom stereocenters. The molecule has 0 fully saturated rings. The van der Waals surface area contributed by atoms with Gasteiger partial charge in [-0.15, -0.1) is 11.3 Å². The number of aryl methyl sites for hydroxylation is 1. The van der Waals surface area contributed by atoms with Gasteiger partial charge in [-0.05, 0) is 24.6 Å². The minimum Gasteiger partial charge on any atom is -0.365 e. The predicted molar refractivity (Wildman–Crippen MR) is 113 cm³/mol. The maximum Gasteiger partial charge on any atom is 0.182 e. The molecule has 0 radical (unpaired) electrons. The summed E-state index contributed by atoms with van der Waals surface area (Å²) in [5.41, 5.74) is 1.01. The normalized spacial score (nSPS) is 7.23. The largest absolute Gasteiger partial charge is 0.365 e. The number of thiazole rings is 1. The van der Waals surface area contributed by atoms with Gasteiger partial charge in [0.15, 0.2) is 5.13 Å². The van der Waals surface area contributed by atoms with Gasteiger partial charge in [0.05, 0.1) is 5.56 Å². The number of anilines is 1. The molecule has 0 aliphatic carbocycles. The minimum atomic E-state index is -0.451. The van der Waals surface area contributed by atoms with Crippen molar-refractivity contribution in [2.75, 3.05) is 12.4 Å². The fourth-order valence-electron chi connectivity index (χ4n) is 1.07. The lowest BCUT2D eigenvalue weighted by Gasteiger charge is -1.92. The van der Waals surface area contributed by atoms with Gasteiger partial charge < -0.3 is 14.9 Å². The van der Waals surface area contributed by atoms with Crippen LogP contribution in [0.3, 0.4) is 0 Å². The molecule has 1 heterocycles. The number of carbonyl (C=O) groups is 2. The zero-order valence-corrected chi connectivity index (χ0v) is 17.5.